The summed E-state index contributed by atoms with van der Waals surface area (Å²) in [7, 11) is 5.68. The highest BCUT2D eigenvalue weighted by Crippen LogP contribution is 2.15. The lowest BCUT2D eigenvalue weighted by Crippen LogP contribution is -2.49. The summed E-state index contributed by atoms with van der Waals surface area (Å²) in [5.74, 6) is 0. The van der Waals surface area contributed by atoms with Gasteiger partial charge in [-0.3, -0.25) is 0 Å². The fraction of sp³-hybridized carbons (Fsp3) is 0.900. The highest BCUT2D eigenvalue weighted by molar-refractivity contribution is 5.73. The smallest absolute Gasteiger partial charge is 0.317 e. The Morgan fingerprint density at radius 3 is 2.64 bits per heavy atom. The number of amides is 2. The number of rotatable bonds is 1. The molecule has 1 fully saturated rings. The van der Waals surface area contributed by atoms with Crippen LogP contribution in [0.25, 0.3) is 0 Å². The van der Waals surface area contributed by atoms with Gasteiger partial charge in [-0.05, 0) is 26.8 Å². The SMILES string of the molecule is CC1CC(NC(=O)N(C)C)CCN1C. The predicted molar refractivity (Wildman–Crippen MR) is 57.3 cm³/mol. The van der Waals surface area contributed by atoms with Gasteiger partial charge in [0.1, 0.15) is 0 Å². The van der Waals surface area contributed by atoms with Crippen molar-refractivity contribution in [3.8, 4) is 0 Å². The first-order valence-corrected chi connectivity index (χ1v) is 5.18. The summed E-state index contributed by atoms with van der Waals surface area (Å²) < 4.78 is 0. The second-order valence-electron chi connectivity index (χ2n) is 4.39. The van der Waals surface area contributed by atoms with Crippen molar-refractivity contribution in [2.24, 2.45) is 0 Å². The standard InChI is InChI=1S/C10H21N3O/c1-8-7-9(5-6-13(8)4)11-10(14)12(2)3/h8-9H,5-7H2,1-4H3,(H,11,14). The average molecular weight is 199 g/mol. The minimum Gasteiger partial charge on any atom is -0.335 e. The van der Waals surface area contributed by atoms with Gasteiger partial charge in [-0.2, -0.15) is 0 Å². The van der Waals surface area contributed by atoms with Gasteiger partial charge in [0.05, 0.1) is 0 Å². The number of likely N-dealkylation sites (tertiary alicyclic amines) is 1. The molecule has 1 saturated heterocycles. The lowest BCUT2D eigenvalue weighted by atomic mass is 9.99. The molecule has 0 spiro atoms. The van der Waals surface area contributed by atoms with Crippen LogP contribution < -0.4 is 5.32 Å². The third kappa shape index (κ3) is 2.87. The number of piperidine rings is 1. The molecule has 1 N–H and O–H groups in total. The molecule has 4 nitrogen and oxygen atoms in total. The van der Waals surface area contributed by atoms with E-state index in [0.717, 1.165) is 19.4 Å². The number of urea groups is 1. The molecule has 2 unspecified atom stereocenters. The second kappa shape index (κ2) is 4.64. The predicted octanol–water partition coefficient (Wildman–Crippen LogP) is 0.740. The average Bonchev–Trinajstić information content (AvgIpc) is 2.11. The first-order valence-electron chi connectivity index (χ1n) is 5.18. The van der Waals surface area contributed by atoms with Crippen LogP contribution in [0.15, 0.2) is 0 Å². The van der Waals surface area contributed by atoms with Crippen LogP contribution >= 0.6 is 0 Å². The minimum atomic E-state index is 0.0201. The van der Waals surface area contributed by atoms with E-state index < -0.39 is 0 Å². The van der Waals surface area contributed by atoms with Crippen molar-refractivity contribution >= 4 is 6.03 Å². The Bertz CT molecular complexity index is 206. The number of hydrogen-bond donors (Lipinski definition) is 1. The number of carbonyl (C=O) groups is 1. The van der Waals surface area contributed by atoms with Gasteiger partial charge in [0.2, 0.25) is 0 Å². The molecule has 0 aromatic rings. The molecule has 2 atom stereocenters. The second-order valence-corrected chi connectivity index (χ2v) is 4.39. The van der Waals surface area contributed by atoms with Crippen LogP contribution in [0.5, 0.6) is 0 Å². The molecule has 0 aromatic heterocycles. The van der Waals surface area contributed by atoms with Crippen molar-refractivity contribution < 1.29 is 4.79 Å². The molecule has 0 radical (unpaired) electrons. The van der Waals surface area contributed by atoms with Crippen LogP contribution in [0.2, 0.25) is 0 Å². The van der Waals surface area contributed by atoms with Crippen molar-refractivity contribution in [1.82, 2.24) is 15.1 Å². The molecule has 0 saturated carbocycles. The van der Waals surface area contributed by atoms with E-state index in [1.807, 2.05) is 0 Å². The highest BCUT2D eigenvalue weighted by Gasteiger charge is 2.24. The van der Waals surface area contributed by atoms with Crippen molar-refractivity contribution in [3.63, 3.8) is 0 Å². The van der Waals surface area contributed by atoms with Crippen LogP contribution in [0.1, 0.15) is 19.8 Å². The zero-order valence-corrected chi connectivity index (χ0v) is 9.58. The summed E-state index contributed by atoms with van der Waals surface area (Å²) in [6.07, 6.45) is 2.11. The van der Waals surface area contributed by atoms with Gasteiger partial charge in [-0.25, -0.2) is 4.79 Å². The summed E-state index contributed by atoms with van der Waals surface area (Å²) in [5.41, 5.74) is 0. The highest BCUT2D eigenvalue weighted by atomic mass is 16.2. The maximum absolute atomic E-state index is 11.4. The van der Waals surface area contributed by atoms with Gasteiger partial charge in [0.15, 0.2) is 0 Å². The quantitative estimate of drug-likeness (QED) is 0.676. The van der Waals surface area contributed by atoms with Crippen molar-refractivity contribution in [2.45, 2.75) is 31.8 Å². The van der Waals surface area contributed by atoms with E-state index in [0.29, 0.717) is 12.1 Å². The van der Waals surface area contributed by atoms with Gasteiger partial charge < -0.3 is 15.1 Å². The largest absolute Gasteiger partial charge is 0.335 e. The molecule has 1 heterocycles. The van der Waals surface area contributed by atoms with E-state index in [4.69, 9.17) is 0 Å². The third-order valence-electron chi connectivity index (χ3n) is 2.94. The van der Waals surface area contributed by atoms with Gasteiger partial charge in [0, 0.05) is 32.7 Å². The van der Waals surface area contributed by atoms with Crippen molar-refractivity contribution in [3.05, 3.63) is 0 Å². The van der Waals surface area contributed by atoms with E-state index in [2.05, 4.69) is 24.2 Å². The Hall–Kier alpha value is -0.770. The third-order valence-corrected chi connectivity index (χ3v) is 2.94. The summed E-state index contributed by atoms with van der Waals surface area (Å²) >= 11 is 0. The zero-order chi connectivity index (χ0) is 10.7. The number of nitrogens with one attached hydrogen (secondary N) is 1. The normalized spacial score (nSPS) is 28.6. The van der Waals surface area contributed by atoms with E-state index >= 15 is 0 Å². The summed E-state index contributed by atoms with van der Waals surface area (Å²) in [6.45, 7) is 3.27. The van der Waals surface area contributed by atoms with E-state index in [-0.39, 0.29) is 6.03 Å². The Kier molecular flexibility index (Phi) is 3.75. The molecule has 2 amide bonds. The van der Waals surface area contributed by atoms with Gasteiger partial charge in [0.25, 0.3) is 0 Å². The number of nitrogens with zero attached hydrogens (tertiary/aromatic N) is 2. The molecule has 14 heavy (non-hydrogen) atoms. The Balaban J connectivity index is 2.37. The topological polar surface area (TPSA) is 35.6 Å². The fourth-order valence-corrected chi connectivity index (χ4v) is 1.72. The summed E-state index contributed by atoms with van der Waals surface area (Å²) in [6, 6.07) is 0.930. The Morgan fingerprint density at radius 1 is 1.50 bits per heavy atom. The van der Waals surface area contributed by atoms with Gasteiger partial charge >= 0.3 is 6.03 Å². The van der Waals surface area contributed by atoms with Crippen LogP contribution in [-0.2, 0) is 0 Å². The first kappa shape index (κ1) is 11.3. The molecule has 0 aromatic carbocycles. The van der Waals surface area contributed by atoms with Crippen LogP contribution in [0.3, 0.4) is 0 Å². The summed E-state index contributed by atoms with van der Waals surface area (Å²) in [5, 5.41) is 3.03. The van der Waals surface area contributed by atoms with Crippen molar-refractivity contribution in [2.75, 3.05) is 27.7 Å². The molecular weight excluding hydrogens is 178 g/mol. The van der Waals surface area contributed by atoms with Gasteiger partial charge in [-0.1, -0.05) is 0 Å². The molecule has 1 aliphatic rings. The lowest BCUT2D eigenvalue weighted by Gasteiger charge is -2.35. The fourth-order valence-electron chi connectivity index (χ4n) is 1.72. The van der Waals surface area contributed by atoms with Crippen molar-refractivity contribution in [1.29, 1.82) is 0 Å². The van der Waals surface area contributed by atoms with Crippen LogP contribution in [0, 0.1) is 0 Å². The minimum absolute atomic E-state index is 0.0201. The van der Waals surface area contributed by atoms with Gasteiger partial charge in [-0.15, -0.1) is 0 Å². The maximum Gasteiger partial charge on any atom is 0.317 e. The number of hydrogen-bond acceptors (Lipinski definition) is 2. The molecule has 4 heteroatoms. The molecule has 1 aliphatic heterocycles. The van der Waals surface area contributed by atoms with E-state index in [1.54, 1.807) is 19.0 Å². The lowest BCUT2D eigenvalue weighted by molar-refractivity contribution is 0.161. The summed E-state index contributed by atoms with van der Waals surface area (Å²) in [4.78, 5) is 15.3. The molecule has 82 valence electrons. The Morgan fingerprint density at radius 2 is 2.14 bits per heavy atom. The first-order chi connectivity index (χ1) is 6.50. The van der Waals surface area contributed by atoms with E-state index in [1.165, 1.54) is 0 Å². The monoisotopic (exact) mass is 199 g/mol. The van der Waals surface area contributed by atoms with Crippen LogP contribution in [-0.4, -0.2) is 55.6 Å². The molecule has 0 bridgehead atoms. The van der Waals surface area contributed by atoms with E-state index in [9.17, 15) is 4.79 Å². The molecule has 0 aliphatic carbocycles. The molecule has 1 rings (SSSR count). The maximum atomic E-state index is 11.4. The molecular formula is C10H21N3O. The van der Waals surface area contributed by atoms with Crippen LogP contribution in [0.4, 0.5) is 4.79 Å². The zero-order valence-electron chi connectivity index (χ0n) is 9.58. The Labute approximate surface area is 86.2 Å². The number of carbonyl (C=O) groups excluding carboxylic acids is 1.